The second-order valence-electron chi connectivity index (χ2n) is 3.40. The molecule has 0 rings (SSSR count). The van der Waals surface area contributed by atoms with Crippen molar-refractivity contribution >= 4 is 15.9 Å². The molecule has 0 saturated carbocycles. The number of carbonyl (C=O) groups excluding carboxylic acids is 1. The first-order valence-corrected chi connectivity index (χ1v) is 6.85. The van der Waals surface area contributed by atoms with Crippen LogP contribution in [0.25, 0.3) is 0 Å². The summed E-state index contributed by atoms with van der Waals surface area (Å²) in [6.45, 7) is 4.34. The molecule has 0 aromatic heterocycles. The van der Waals surface area contributed by atoms with Crippen LogP contribution in [-0.2, 0) is 14.8 Å². The lowest BCUT2D eigenvalue weighted by molar-refractivity contribution is -0.118. The minimum absolute atomic E-state index is 0.0541. The number of sulfonamides is 1. The van der Waals surface area contributed by atoms with Crippen LogP contribution in [-0.4, -0.2) is 33.2 Å². The van der Waals surface area contributed by atoms with E-state index in [4.69, 9.17) is 0 Å². The number of rotatable bonds is 8. The normalized spacial score (nSPS) is 11.3. The van der Waals surface area contributed by atoms with E-state index in [9.17, 15) is 13.2 Å². The molecule has 0 aliphatic heterocycles. The monoisotopic (exact) mass is 236 g/mol. The largest absolute Gasteiger partial charge is 0.356 e. The Labute approximate surface area is 91.7 Å². The fourth-order valence-electron chi connectivity index (χ4n) is 1.08. The van der Waals surface area contributed by atoms with Crippen LogP contribution in [0.5, 0.6) is 0 Å². The van der Waals surface area contributed by atoms with Gasteiger partial charge in [0.25, 0.3) is 0 Å². The molecule has 0 saturated heterocycles. The van der Waals surface area contributed by atoms with Gasteiger partial charge in [-0.15, -0.1) is 0 Å². The van der Waals surface area contributed by atoms with Crippen LogP contribution in [0.15, 0.2) is 0 Å². The van der Waals surface area contributed by atoms with Gasteiger partial charge in [0.15, 0.2) is 0 Å². The van der Waals surface area contributed by atoms with E-state index in [0.29, 0.717) is 19.5 Å². The maximum atomic E-state index is 11.2. The molecule has 0 aromatic carbocycles. The first kappa shape index (κ1) is 14.4. The summed E-state index contributed by atoms with van der Waals surface area (Å²) in [7, 11) is -3.07. The van der Waals surface area contributed by atoms with Crippen molar-refractivity contribution < 1.29 is 13.2 Å². The topological polar surface area (TPSA) is 75.3 Å². The zero-order valence-electron chi connectivity index (χ0n) is 9.38. The van der Waals surface area contributed by atoms with Crippen molar-refractivity contribution in [1.29, 1.82) is 0 Å². The zero-order valence-corrected chi connectivity index (χ0v) is 10.2. The van der Waals surface area contributed by atoms with Gasteiger partial charge in [0.05, 0.1) is 5.75 Å². The third-order valence-electron chi connectivity index (χ3n) is 1.77. The molecule has 15 heavy (non-hydrogen) atoms. The quantitative estimate of drug-likeness (QED) is 0.592. The van der Waals surface area contributed by atoms with E-state index in [-0.39, 0.29) is 11.7 Å². The van der Waals surface area contributed by atoms with E-state index in [1.807, 2.05) is 6.92 Å². The lowest BCUT2D eigenvalue weighted by Gasteiger charge is -2.05. The van der Waals surface area contributed by atoms with Crippen molar-refractivity contribution in [2.75, 3.05) is 18.8 Å². The number of unbranched alkanes of at least 4 members (excludes halogenated alkanes) is 1. The minimum atomic E-state index is -3.07. The molecule has 0 aliphatic carbocycles. The summed E-state index contributed by atoms with van der Waals surface area (Å²) in [5.41, 5.74) is 0. The Hall–Kier alpha value is -0.620. The van der Waals surface area contributed by atoms with Gasteiger partial charge in [-0.25, -0.2) is 13.1 Å². The third-order valence-corrected chi connectivity index (χ3v) is 3.36. The van der Waals surface area contributed by atoms with Crippen molar-refractivity contribution in [2.24, 2.45) is 0 Å². The van der Waals surface area contributed by atoms with Crippen molar-refractivity contribution in [2.45, 2.75) is 33.1 Å². The van der Waals surface area contributed by atoms with Gasteiger partial charge in [0.1, 0.15) is 0 Å². The molecular weight excluding hydrogens is 216 g/mol. The van der Waals surface area contributed by atoms with E-state index < -0.39 is 10.0 Å². The molecule has 0 aliphatic rings. The highest BCUT2D eigenvalue weighted by Gasteiger charge is 2.06. The third kappa shape index (κ3) is 9.68. The van der Waals surface area contributed by atoms with Gasteiger partial charge < -0.3 is 5.32 Å². The molecule has 0 fully saturated rings. The highest BCUT2D eigenvalue weighted by molar-refractivity contribution is 7.89. The fraction of sp³-hybridized carbons (Fsp3) is 0.889. The summed E-state index contributed by atoms with van der Waals surface area (Å²) in [4.78, 5) is 10.5. The Bertz CT molecular complexity index is 275. The maximum absolute atomic E-state index is 11.2. The van der Waals surface area contributed by atoms with Crippen molar-refractivity contribution in [3.05, 3.63) is 0 Å². The highest BCUT2D eigenvalue weighted by atomic mass is 32.2. The van der Waals surface area contributed by atoms with Crippen LogP contribution in [0.1, 0.15) is 33.1 Å². The Morgan fingerprint density at radius 3 is 2.33 bits per heavy atom. The molecule has 0 bridgehead atoms. The molecule has 2 N–H and O–H groups in total. The van der Waals surface area contributed by atoms with Crippen LogP contribution in [0.2, 0.25) is 0 Å². The summed E-state index contributed by atoms with van der Waals surface area (Å²) in [5.74, 6) is 0.125. The summed E-state index contributed by atoms with van der Waals surface area (Å²) in [6, 6.07) is 0. The lowest BCUT2D eigenvalue weighted by atomic mass is 10.3. The standard InChI is InChI=1S/C9H20N2O3S/c1-3-8-15(13,14)11-7-5-4-6-10-9(2)12/h11H,3-8H2,1-2H3,(H,10,12). The fourth-order valence-corrected chi connectivity index (χ4v) is 2.22. The maximum Gasteiger partial charge on any atom is 0.216 e. The molecule has 0 aromatic rings. The van der Waals surface area contributed by atoms with E-state index in [1.165, 1.54) is 6.92 Å². The van der Waals surface area contributed by atoms with Crippen LogP contribution in [0, 0.1) is 0 Å². The predicted octanol–water partition coefficient (Wildman–Crippen LogP) is 0.232. The highest BCUT2D eigenvalue weighted by Crippen LogP contribution is 1.90. The predicted molar refractivity (Wildman–Crippen MR) is 60.0 cm³/mol. The van der Waals surface area contributed by atoms with E-state index in [2.05, 4.69) is 10.0 Å². The molecule has 6 heteroatoms. The number of carbonyl (C=O) groups is 1. The molecule has 1 amide bonds. The zero-order chi connectivity index (χ0) is 11.7. The number of nitrogens with one attached hydrogen (secondary N) is 2. The van der Waals surface area contributed by atoms with Crippen molar-refractivity contribution in [3.63, 3.8) is 0 Å². The van der Waals surface area contributed by atoms with Crippen LogP contribution in [0.3, 0.4) is 0 Å². The molecule has 90 valence electrons. The lowest BCUT2D eigenvalue weighted by Crippen LogP contribution is -2.28. The van der Waals surface area contributed by atoms with Gasteiger partial charge >= 0.3 is 0 Å². The average Bonchev–Trinajstić information content (AvgIpc) is 2.10. The molecule has 5 nitrogen and oxygen atoms in total. The summed E-state index contributed by atoms with van der Waals surface area (Å²) in [5, 5.41) is 2.65. The smallest absolute Gasteiger partial charge is 0.216 e. The van der Waals surface area contributed by atoms with Gasteiger partial charge in [-0.05, 0) is 19.3 Å². The van der Waals surface area contributed by atoms with Gasteiger partial charge in [0, 0.05) is 20.0 Å². The number of amides is 1. The Morgan fingerprint density at radius 1 is 1.20 bits per heavy atom. The molecule has 0 atom stereocenters. The van der Waals surface area contributed by atoms with E-state index in [1.54, 1.807) is 0 Å². The van der Waals surface area contributed by atoms with Crippen molar-refractivity contribution in [3.8, 4) is 0 Å². The van der Waals surface area contributed by atoms with E-state index >= 15 is 0 Å². The minimum Gasteiger partial charge on any atom is -0.356 e. The second-order valence-corrected chi connectivity index (χ2v) is 5.33. The SMILES string of the molecule is CCCS(=O)(=O)NCCCCNC(C)=O. The first-order valence-electron chi connectivity index (χ1n) is 5.19. The number of hydrogen-bond acceptors (Lipinski definition) is 3. The Morgan fingerprint density at radius 2 is 1.80 bits per heavy atom. The van der Waals surface area contributed by atoms with Gasteiger partial charge in [-0.2, -0.15) is 0 Å². The van der Waals surface area contributed by atoms with Gasteiger partial charge in [0.2, 0.25) is 15.9 Å². The second kappa shape index (κ2) is 7.64. The molecule has 0 unspecified atom stereocenters. The Balaban J connectivity index is 3.42. The molecule has 0 radical (unpaired) electrons. The first-order chi connectivity index (χ1) is 6.98. The summed E-state index contributed by atoms with van der Waals surface area (Å²) < 4.78 is 24.9. The van der Waals surface area contributed by atoms with Crippen molar-refractivity contribution in [1.82, 2.24) is 10.0 Å². The van der Waals surface area contributed by atoms with Crippen LogP contribution >= 0.6 is 0 Å². The molecule has 0 heterocycles. The van der Waals surface area contributed by atoms with Gasteiger partial charge in [-0.1, -0.05) is 6.92 Å². The summed E-state index contributed by atoms with van der Waals surface area (Å²) in [6.07, 6.45) is 2.15. The molecule has 0 spiro atoms. The average molecular weight is 236 g/mol. The van der Waals surface area contributed by atoms with E-state index in [0.717, 1.165) is 12.8 Å². The Kier molecular flexibility index (Phi) is 7.33. The van der Waals surface area contributed by atoms with Gasteiger partial charge in [-0.3, -0.25) is 4.79 Å². The van der Waals surface area contributed by atoms with Crippen LogP contribution in [0.4, 0.5) is 0 Å². The van der Waals surface area contributed by atoms with Crippen LogP contribution < -0.4 is 10.0 Å². The number of hydrogen-bond donors (Lipinski definition) is 2. The summed E-state index contributed by atoms with van der Waals surface area (Å²) >= 11 is 0. The molecular formula is C9H20N2O3S.